The van der Waals surface area contributed by atoms with Crippen LogP contribution in [0.25, 0.3) is 0 Å². The second-order valence-electron chi connectivity index (χ2n) is 7.70. The Morgan fingerprint density at radius 2 is 1.73 bits per heavy atom. The van der Waals surface area contributed by atoms with Gasteiger partial charge in [0.25, 0.3) is 0 Å². The molecule has 0 aliphatic carbocycles. The van der Waals surface area contributed by atoms with Crippen LogP contribution in [0.2, 0.25) is 0 Å². The van der Waals surface area contributed by atoms with Gasteiger partial charge in [0.1, 0.15) is 0 Å². The Hall–Kier alpha value is -1.16. The second-order valence-corrected chi connectivity index (χ2v) is 8.68. The van der Waals surface area contributed by atoms with Crippen LogP contribution in [-0.4, -0.2) is 62.1 Å². The number of likely N-dealkylation sites (N-methyl/N-ethyl adjacent to an activating group) is 1. The Labute approximate surface area is 203 Å². The number of nitrogens with one attached hydrogen (secondary N) is 2. The minimum Gasteiger partial charge on any atom is -0.356 e. The lowest BCUT2D eigenvalue weighted by molar-refractivity contribution is 0.131. The molecule has 1 aromatic carbocycles. The van der Waals surface area contributed by atoms with Crippen LogP contribution in [0.1, 0.15) is 35.8 Å². The van der Waals surface area contributed by atoms with Gasteiger partial charge < -0.3 is 15.5 Å². The highest BCUT2D eigenvalue weighted by molar-refractivity contribution is 14.0. The first-order valence-electron chi connectivity index (χ1n) is 10.7. The van der Waals surface area contributed by atoms with E-state index in [9.17, 15) is 0 Å². The van der Waals surface area contributed by atoms with Gasteiger partial charge in [0.05, 0.1) is 0 Å². The van der Waals surface area contributed by atoms with E-state index in [-0.39, 0.29) is 24.0 Å². The average Bonchev–Trinajstić information content (AvgIpc) is 3.30. The fourth-order valence-electron chi connectivity index (χ4n) is 3.71. The molecule has 0 amide bonds. The highest BCUT2D eigenvalue weighted by Crippen LogP contribution is 2.19. The summed E-state index contributed by atoms with van der Waals surface area (Å²) in [7, 11) is 1.84. The molecule has 1 saturated heterocycles. The van der Waals surface area contributed by atoms with Gasteiger partial charge in [-0.15, -0.1) is 35.3 Å². The van der Waals surface area contributed by atoms with Crippen molar-refractivity contribution in [2.24, 2.45) is 4.99 Å². The molecule has 1 aromatic heterocycles. The summed E-state index contributed by atoms with van der Waals surface area (Å²) in [6.45, 7) is 13.0. The predicted molar refractivity (Wildman–Crippen MR) is 140 cm³/mol. The summed E-state index contributed by atoms with van der Waals surface area (Å²) < 4.78 is 0. The number of guanidine groups is 1. The van der Waals surface area contributed by atoms with E-state index < -0.39 is 0 Å². The molecule has 7 heteroatoms. The third-order valence-corrected chi connectivity index (χ3v) is 6.80. The van der Waals surface area contributed by atoms with Gasteiger partial charge in [-0.05, 0) is 29.1 Å². The van der Waals surface area contributed by atoms with Gasteiger partial charge in [0.2, 0.25) is 0 Å². The maximum atomic E-state index is 4.40. The molecule has 1 aliphatic heterocycles. The molecule has 0 spiro atoms. The monoisotopic (exact) mass is 541 g/mol. The van der Waals surface area contributed by atoms with Gasteiger partial charge >= 0.3 is 0 Å². The highest BCUT2D eigenvalue weighted by Gasteiger charge is 2.16. The van der Waals surface area contributed by atoms with E-state index in [0.29, 0.717) is 5.92 Å². The van der Waals surface area contributed by atoms with E-state index in [1.807, 2.05) is 18.4 Å². The molecule has 2 N–H and O–H groups in total. The van der Waals surface area contributed by atoms with Gasteiger partial charge in [0, 0.05) is 63.7 Å². The lowest BCUT2D eigenvalue weighted by atomic mass is 10.1. The molecule has 5 nitrogen and oxygen atoms in total. The quantitative estimate of drug-likeness (QED) is 0.302. The fourth-order valence-corrected chi connectivity index (χ4v) is 4.50. The van der Waals surface area contributed by atoms with Crippen molar-refractivity contribution in [3.8, 4) is 0 Å². The van der Waals surface area contributed by atoms with Crippen molar-refractivity contribution < 1.29 is 0 Å². The lowest BCUT2D eigenvalue weighted by Crippen LogP contribution is -2.45. The molecule has 1 aliphatic rings. The normalized spacial score (nSPS) is 16.7. The molecule has 30 heavy (non-hydrogen) atoms. The van der Waals surface area contributed by atoms with E-state index in [0.717, 1.165) is 45.2 Å². The molecule has 1 unspecified atom stereocenters. The van der Waals surface area contributed by atoms with Crippen LogP contribution in [0.5, 0.6) is 0 Å². The minimum atomic E-state index is 0. The Balaban J connectivity index is 0.00000320. The number of benzene rings is 1. The van der Waals surface area contributed by atoms with Crippen LogP contribution < -0.4 is 10.6 Å². The summed E-state index contributed by atoms with van der Waals surface area (Å²) in [6, 6.07) is 13.1. The molecule has 1 atom stereocenters. The lowest BCUT2D eigenvalue weighted by Gasteiger charge is -2.34. The standard InChI is InChI=1S/C23H35N5S.HI/c1-4-27-11-13-28(14-12-27)18-21-9-6-5-8-20(21)17-26-23(24-3)25-16-19(2)22-10-7-15-29-22;/h5-10,15,19H,4,11-14,16-18H2,1-3H3,(H2,24,25,26);1H. The summed E-state index contributed by atoms with van der Waals surface area (Å²) in [4.78, 5) is 10.9. The molecule has 0 bridgehead atoms. The van der Waals surface area contributed by atoms with E-state index >= 15 is 0 Å². The van der Waals surface area contributed by atoms with E-state index in [4.69, 9.17) is 0 Å². The van der Waals surface area contributed by atoms with Crippen LogP contribution >= 0.6 is 35.3 Å². The molecule has 1 fully saturated rings. The van der Waals surface area contributed by atoms with Crippen molar-refractivity contribution in [3.05, 3.63) is 57.8 Å². The third-order valence-electron chi connectivity index (χ3n) is 5.70. The van der Waals surface area contributed by atoms with Gasteiger partial charge in [-0.25, -0.2) is 0 Å². The van der Waals surface area contributed by atoms with Gasteiger partial charge in [-0.2, -0.15) is 0 Å². The summed E-state index contributed by atoms with van der Waals surface area (Å²) in [5.74, 6) is 1.34. The van der Waals surface area contributed by atoms with Crippen molar-refractivity contribution >= 4 is 41.3 Å². The van der Waals surface area contributed by atoms with Crippen molar-refractivity contribution in [3.63, 3.8) is 0 Å². The first-order valence-corrected chi connectivity index (χ1v) is 11.6. The Morgan fingerprint density at radius 1 is 1.03 bits per heavy atom. The zero-order valence-electron chi connectivity index (χ0n) is 18.4. The van der Waals surface area contributed by atoms with Crippen molar-refractivity contribution in [2.75, 3.05) is 46.3 Å². The summed E-state index contributed by atoms with van der Waals surface area (Å²) in [5.41, 5.74) is 2.76. The minimum absolute atomic E-state index is 0. The van der Waals surface area contributed by atoms with Crippen LogP contribution in [0.4, 0.5) is 0 Å². The number of nitrogens with zero attached hydrogens (tertiary/aromatic N) is 3. The maximum absolute atomic E-state index is 4.40. The summed E-state index contributed by atoms with van der Waals surface area (Å²) in [5, 5.41) is 9.10. The third kappa shape index (κ3) is 7.51. The Morgan fingerprint density at radius 3 is 2.37 bits per heavy atom. The number of hydrogen-bond donors (Lipinski definition) is 2. The average molecular weight is 542 g/mol. The molecule has 2 aromatic rings. The van der Waals surface area contributed by atoms with Crippen molar-refractivity contribution in [2.45, 2.75) is 32.9 Å². The van der Waals surface area contributed by atoms with Gasteiger partial charge in [-0.1, -0.05) is 44.2 Å². The largest absolute Gasteiger partial charge is 0.356 e. The van der Waals surface area contributed by atoms with Crippen molar-refractivity contribution in [1.29, 1.82) is 0 Å². The molecule has 166 valence electrons. The molecule has 0 saturated carbocycles. The summed E-state index contributed by atoms with van der Waals surface area (Å²) in [6.07, 6.45) is 0. The maximum Gasteiger partial charge on any atom is 0.191 e. The number of piperazine rings is 1. The van der Waals surface area contributed by atoms with Crippen LogP contribution in [0, 0.1) is 0 Å². The highest BCUT2D eigenvalue weighted by atomic mass is 127. The predicted octanol–water partition coefficient (Wildman–Crippen LogP) is 3.97. The number of rotatable bonds is 8. The molecule has 3 rings (SSSR count). The van der Waals surface area contributed by atoms with Gasteiger partial charge in [0.15, 0.2) is 5.96 Å². The SMILES string of the molecule is CCN1CCN(Cc2ccccc2CNC(=NC)NCC(C)c2cccs2)CC1.I. The fraction of sp³-hybridized carbons (Fsp3) is 0.522. The number of aliphatic imine (C=N–C) groups is 1. The van der Waals surface area contributed by atoms with Crippen LogP contribution in [0.3, 0.4) is 0 Å². The molecular weight excluding hydrogens is 505 g/mol. The Bertz CT molecular complexity index is 757. The topological polar surface area (TPSA) is 42.9 Å². The Kier molecular flexibility index (Phi) is 11.1. The molecule has 2 heterocycles. The smallest absolute Gasteiger partial charge is 0.191 e. The van der Waals surface area contributed by atoms with Crippen LogP contribution in [-0.2, 0) is 13.1 Å². The molecular formula is C23H36IN5S. The first-order chi connectivity index (χ1) is 14.2. The summed E-state index contributed by atoms with van der Waals surface area (Å²) >= 11 is 1.81. The van der Waals surface area contributed by atoms with E-state index in [2.05, 4.69) is 81.1 Å². The van der Waals surface area contributed by atoms with E-state index in [1.165, 1.54) is 29.1 Å². The van der Waals surface area contributed by atoms with Crippen LogP contribution in [0.15, 0.2) is 46.8 Å². The second kappa shape index (κ2) is 13.3. The number of hydrogen-bond acceptors (Lipinski definition) is 4. The zero-order valence-corrected chi connectivity index (χ0v) is 21.6. The molecule has 0 radical (unpaired) electrons. The number of halogens is 1. The van der Waals surface area contributed by atoms with Crippen molar-refractivity contribution in [1.82, 2.24) is 20.4 Å². The van der Waals surface area contributed by atoms with Gasteiger partial charge in [-0.3, -0.25) is 9.89 Å². The zero-order chi connectivity index (χ0) is 20.5. The van der Waals surface area contributed by atoms with E-state index in [1.54, 1.807) is 0 Å². The number of thiophene rings is 1. The first kappa shape index (κ1) is 25.1.